The van der Waals surface area contributed by atoms with E-state index >= 15 is 0 Å². The first-order chi connectivity index (χ1) is 17.3. The minimum Gasteiger partial charge on any atom is -0.478 e. The Kier molecular flexibility index (Phi) is 20.3. The van der Waals surface area contributed by atoms with Gasteiger partial charge in [-0.3, -0.25) is 0 Å². The van der Waals surface area contributed by atoms with E-state index in [-0.39, 0.29) is 59.6 Å². The van der Waals surface area contributed by atoms with Crippen LogP contribution >= 0.6 is 15.9 Å². The van der Waals surface area contributed by atoms with Crippen LogP contribution in [0, 0.1) is 0 Å². The maximum atomic E-state index is 10.6. The predicted molar refractivity (Wildman–Crippen MR) is 159 cm³/mol. The SMILES string of the molecule is C.C.C.C.CC1(C)OC[C@@H](CO)O1.CC1(C)OC[C@@H](COc2ccc(C(=O)O)cn2)O1.O=C(O)c1ccc(Br)nc1. The minimum absolute atomic E-state index is 0. The third-order valence-corrected chi connectivity index (χ3v) is 5.18. The van der Waals surface area contributed by atoms with Gasteiger partial charge >= 0.3 is 11.9 Å². The van der Waals surface area contributed by atoms with Crippen molar-refractivity contribution < 1.29 is 48.6 Å². The number of aliphatic hydroxyl groups is 1. The zero-order chi connectivity index (χ0) is 27.6. The summed E-state index contributed by atoms with van der Waals surface area (Å²) in [5, 5.41) is 25.7. The fourth-order valence-electron chi connectivity index (χ4n) is 2.97. The number of aliphatic hydroxyl groups excluding tert-OH is 1. The van der Waals surface area contributed by atoms with Gasteiger partial charge in [0.2, 0.25) is 5.88 Å². The van der Waals surface area contributed by atoms with Crippen molar-refractivity contribution in [2.45, 2.75) is 81.2 Å². The molecular formula is C28H47BrN2O10. The van der Waals surface area contributed by atoms with E-state index in [1.54, 1.807) is 6.07 Å². The lowest BCUT2D eigenvalue weighted by Crippen LogP contribution is -2.25. The second-order valence-electron chi connectivity index (χ2n) is 8.76. The number of carbonyl (C=O) groups is 2. The number of carboxylic acids is 2. The second-order valence-corrected chi connectivity index (χ2v) is 9.57. The van der Waals surface area contributed by atoms with Gasteiger partial charge in [-0.2, -0.15) is 0 Å². The Morgan fingerprint density at radius 1 is 0.854 bits per heavy atom. The Balaban J connectivity index is -0.000000543. The van der Waals surface area contributed by atoms with Crippen LogP contribution in [0.5, 0.6) is 5.88 Å². The van der Waals surface area contributed by atoms with Gasteiger partial charge in [-0.15, -0.1) is 0 Å². The summed E-state index contributed by atoms with van der Waals surface area (Å²) in [6.45, 7) is 8.70. The number of halogens is 1. The van der Waals surface area contributed by atoms with Crippen LogP contribution in [-0.4, -0.2) is 87.4 Å². The van der Waals surface area contributed by atoms with E-state index < -0.39 is 23.5 Å². The topological polar surface area (TPSA) is 167 Å². The number of aromatic nitrogens is 2. The lowest BCUT2D eigenvalue weighted by molar-refractivity contribution is -0.142. The van der Waals surface area contributed by atoms with Crippen molar-refractivity contribution >= 4 is 27.9 Å². The third kappa shape index (κ3) is 15.8. The van der Waals surface area contributed by atoms with Gasteiger partial charge in [-0.05, 0) is 61.8 Å². The standard InChI is InChI=1S/C12H15NO5.C6H4BrNO2.C6H12O3.4CH4/c1-12(2)17-7-9(18-12)6-16-10-4-3-8(5-13-10)11(14)15;7-5-2-1-4(3-8-5)6(9)10;1-6(2)8-4-5(3-7)9-6;;;;/h3-5,9H,6-7H2,1-2H3,(H,14,15);1-3H,(H,9,10);5,7H,3-4H2,1-2H3;4*1H4/t9-;;5-;;;;/m1.1..../s1. The van der Waals surface area contributed by atoms with E-state index in [1.165, 1.54) is 30.6 Å². The van der Waals surface area contributed by atoms with E-state index in [2.05, 4.69) is 25.9 Å². The predicted octanol–water partition coefficient (Wildman–Crippen LogP) is 5.53. The average molecular weight is 652 g/mol. The van der Waals surface area contributed by atoms with Gasteiger partial charge in [-0.25, -0.2) is 19.6 Å². The number of ether oxygens (including phenoxy) is 5. The molecule has 2 saturated heterocycles. The molecule has 12 nitrogen and oxygen atoms in total. The molecule has 0 bridgehead atoms. The van der Waals surface area contributed by atoms with Gasteiger partial charge in [0.05, 0.1) is 30.9 Å². The number of aromatic carboxylic acids is 2. The number of carboxylic acid groups (broad SMARTS) is 2. The van der Waals surface area contributed by atoms with Crippen LogP contribution in [-0.2, 0) is 18.9 Å². The molecule has 2 fully saturated rings. The summed E-state index contributed by atoms with van der Waals surface area (Å²) >= 11 is 3.09. The number of pyridine rings is 2. The van der Waals surface area contributed by atoms with Crippen molar-refractivity contribution in [3.8, 4) is 5.88 Å². The van der Waals surface area contributed by atoms with Gasteiger partial charge in [0, 0.05) is 18.5 Å². The summed E-state index contributed by atoms with van der Waals surface area (Å²) < 4.78 is 27.4. The zero-order valence-electron chi connectivity index (χ0n) is 20.9. The minimum atomic E-state index is -1.01. The first-order valence-electron chi connectivity index (χ1n) is 11.2. The fourth-order valence-corrected chi connectivity index (χ4v) is 3.21. The van der Waals surface area contributed by atoms with Gasteiger partial charge in [0.1, 0.15) is 23.4 Å². The molecular weight excluding hydrogens is 604 g/mol. The van der Waals surface area contributed by atoms with Crippen LogP contribution in [0.4, 0.5) is 0 Å². The lowest BCUT2D eigenvalue weighted by atomic mass is 10.3. The summed E-state index contributed by atoms with van der Waals surface area (Å²) in [6.07, 6.45) is 2.29. The van der Waals surface area contributed by atoms with Crippen molar-refractivity contribution in [1.82, 2.24) is 9.97 Å². The Morgan fingerprint density at radius 3 is 1.63 bits per heavy atom. The molecule has 4 heterocycles. The molecule has 2 aromatic rings. The summed E-state index contributed by atoms with van der Waals surface area (Å²) in [5.74, 6) is -2.67. The molecule has 2 aliphatic rings. The zero-order valence-corrected chi connectivity index (χ0v) is 22.5. The maximum absolute atomic E-state index is 10.6. The lowest BCUT2D eigenvalue weighted by Gasteiger charge is -2.17. The summed E-state index contributed by atoms with van der Waals surface area (Å²) in [6, 6.07) is 6.04. The quantitative estimate of drug-likeness (QED) is 0.335. The first kappa shape index (κ1) is 42.8. The highest BCUT2D eigenvalue weighted by Gasteiger charge is 2.33. The molecule has 0 unspecified atom stereocenters. The van der Waals surface area contributed by atoms with E-state index in [0.29, 0.717) is 30.3 Å². The normalized spacial score (nSPS) is 19.1. The molecule has 0 spiro atoms. The van der Waals surface area contributed by atoms with Crippen molar-refractivity contribution in [1.29, 1.82) is 0 Å². The van der Waals surface area contributed by atoms with Crippen molar-refractivity contribution in [3.05, 3.63) is 52.4 Å². The van der Waals surface area contributed by atoms with Crippen molar-refractivity contribution in [3.63, 3.8) is 0 Å². The van der Waals surface area contributed by atoms with E-state index in [0.717, 1.165) is 0 Å². The molecule has 41 heavy (non-hydrogen) atoms. The molecule has 236 valence electrons. The molecule has 0 aromatic carbocycles. The van der Waals surface area contributed by atoms with Gasteiger partial charge in [0.15, 0.2) is 11.6 Å². The highest BCUT2D eigenvalue weighted by Crippen LogP contribution is 2.23. The molecule has 2 aromatic heterocycles. The highest BCUT2D eigenvalue weighted by atomic mass is 79.9. The molecule has 2 aliphatic heterocycles. The van der Waals surface area contributed by atoms with Crippen LogP contribution in [0.25, 0.3) is 0 Å². The van der Waals surface area contributed by atoms with Crippen molar-refractivity contribution in [2.24, 2.45) is 0 Å². The van der Waals surface area contributed by atoms with Crippen LogP contribution in [0.3, 0.4) is 0 Å². The van der Waals surface area contributed by atoms with Gasteiger partial charge in [-0.1, -0.05) is 29.7 Å². The number of rotatable bonds is 6. The van der Waals surface area contributed by atoms with Crippen LogP contribution in [0.1, 0.15) is 78.1 Å². The summed E-state index contributed by atoms with van der Waals surface area (Å²) in [5.41, 5.74) is 0.326. The smallest absolute Gasteiger partial charge is 0.337 e. The number of hydrogen-bond donors (Lipinski definition) is 3. The molecule has 2 atom stereocenters. The number of hydrogen-bond acceptors (Lipinski definition) is 10. The monoisotopic (exact) mass is 650 g/mol. The molecule has 3 N–H and O–H groups in total. The summed E-state index contributed by atoms with van der Waals surface area (Å²) in [7, 11) is 0. The third-order valence-electron chi connectivity index (χ3n) is 4.71. The highest BCUT2D eigenvalue weighted by molar-refractivity contribution is 9.10. The fraction of sp³-hybridized carbons (Fsp3) is 0.571. The van der Waals surface area contributed by atoms with Gasteiger partial charge < -0.3 is 39.0 Å². The Morgan fingerprint density at radius 2 is 1.32 bits per heavy atom. The first-order valence-corrected chi connectivity index (χ1v) is 12.0. The molecule has 0 amide bonds. The summed E-state index contributed by atoms with van der Waals surface area (Å²) in [4.78, 5) is 28.5. The van der Waals surface area contributed by atoms with E-state index in [4.69, 9.17) is 39.0 Å². The average Bonchev–Trinajstić information content (AvgIpc) is 3.39. The Bertz CT molecular complexity index is 1020. The van der Waals surface area contributed by atoms with E-state index in [9.17, 15) is 9.59 Å². The van der Waals surface area contributed by atoms with Crippen LogP contribution < -0.4 is 4.74 Å². The van der Waals surface area contributed by atoms with Crippen LogP contribution in [0.2, 0.25) is 0 Å². The molecule has 4 rings (SSSR count). The molecule has 0 radical (unpaired) electrons. The largest absolute Gasteiger partial charge is 0.478 e. The Hall–Kier alpha value is -2.68. The maximum Gasteiger partial charge on any atom is 0.337 e. The second kappa shape index (κ2) is 19.4. The van der Waals surface area contributed by atoms with Crippen LogP contribution in [0.15, 0.2) is 41.3 Å². The molecule has 0 saturated carbocycles. The van der Waals surface area contributed by atoms with E-state index in [1.807, 2.05) is 27.7 Å². The van der Waals surface area contributed by atoms with Crippen molar-refractivity contribution in [2.75, 3.05) is 26.4 Å². The van der Waals surface area contributed by atoms with Gasteiger partial charge in [0.25, 0.3) is 0 Å². The Labute approximate surface area is 252 Å². The molecule has 0 aliphatic carbocycles. The molecule has 13 heteroatoms. The number of nitrogens with zero attached hydrogens (tertiary/aromatic N) is 2.